The quantitative estimate of drug-likeness (QED) is 0.375. The lowest BCUT2D eigenvalue weighted by Gasteiger charge is -2.13. The van der Waals surface area contributed by atoms with E-state index in [0.717, 1.165) is 22.3 Å². The molecule has 0 aliphatic carbocycles. The molecule has 4 aromatic carbocycles. The molecule has 31 heavy (non-hydrogen) atoms. The first kappa shape index (κ1) is 20.2. The molecule has 4 nitrogen and oxygen atoms in total. The minimum Gasteiger partial charge on any atom is -0.489 e. The van der Waals surface area contributed by atoms with Crippen LogP contribution in [0, 0.1) is 0 Å². The number of hydrogen-bond acceptors (Lipinski definition) is 3. The second-order valence-corrected chi connectivity index (χ2v) is 7.12. The van der Waals surface area contributed by atoms with Gasteiger partial charge in [0.2, 0.25) is 0 Å². The fourth-order valence-corrected chi connectivity index (χ4v) is 3.19. The number of hydrogen-bond donors (Lipinski definition) is 1. The van der Waals surface area contributed by atoms with Crippen LogP contribution in [0.25, 0.3) is 11.1 Å². The maximum Gasteiger partial charge on any atom is 0.335 e. The highest BCUT2D eigenvalue weighted by Gasteiger charge is 2.08. The standard InChI is InChI=1S/C27H22O4/c28-27(29)23-13-11-22(12-14-23)24-15-25(30-18-20-7-3-1-4-8-20)17-26(16-24)31-19-21-9-5-2-6-10-21/h1-17H,18-19H2,(H,28,29). The van der Waals surface area contributed by atoms with Gasteiger partial charge in [-0.15, -0.1) is 0 Å². The van der Waals surface area contributed by atoms with Crippen molar-refractivity contribution in [2.75, 3.05) is 0 Å². The SMILES string of the molecule is O=C(O)c1ccc(-c2cc(OCc3ccccc3)cc(OCc3ccccc3)c2)cc1. The predicted octanol–water partition coefficient (Wildman–Crippen LogP) is 6.21. The van der Waals surface area contributed by atoms with E-state index in [1.54, 1.807) is 24.3 Å². The zero-order valence-corrected chi connectivity index (χ0v) is 16.9. The Morgan fingerprint density at radius 2 is 1.10 bits per heavy atom. The Hall–Kier alpha value is -4.05. The summed E-state index contributed by atoms with van der Waals surface area (Å²) in [7, 11) is 0. The van der Waals surface area contributed by atoms with Gasteiger partial charge in [-0.25, -0.2) is 4.79 Å². The van der Waals surface area contributed by atoms with E-state index < -0.39 is 5.97 Å². The number of carboxylic acid groups (broad SMARTS) is 1. The van der Waals surface area contributed by atoms with Crippen molar-refractivity contribution in [3.05, 3.63) is 120 Å². The average molecular weight is 410 g/mol. The highest BCUT2D eigenvalue weighted by atomic mass is 16.5. The molecule has 0 spiro atoms. The van der Waals surface area contributed by atoms with Gasteiger partial charge in [0, 0.05) is 6.07 Å². The summed E-state index contributed by atoms with van der Waals surface area (Å²) in [4.78, 5) is 11.2. The van der Waals surface area contributed by atoms with Crippen LogP contribution in [0.5, 0.6) is 11.5 Å². The molecular weight excluding hydrogens is 388 g/mol. The molecule has 0 saturated carbocycles. The molecule has 0 radical (unpaired) electrons. The third kappa shape index (κ3) is 5.52. The Morgan fingerprint density at radius 3 is 1.55 bits per heavy atom. The Labute approximate surface area is 181 Å². The van der Waals surface area contributed by atoms with Gasteiger partial charge in [0.05, 0.1) is 5.56 Å². The Bertz CT molecular complexity index is 1080. The smallest absolute Gasteiger partial charge is 0.335 e. The van der Waals surface area contributed by atoms with Gasteiger partial charge in [-0.2, -0.15) is 0 Å². The lowest BCUT2D eigenvalue weighted by atomic mass is 10.0. The van der Waals surface area contributed by atoms with E-state index in [1.807, 2.05) is 78.9 Å². The summed E-state index contributed by atoms with van der Waals surface area (Å²) in [6.45, 7) is 0.890. The van der Waals surface area contributed by atoms with Gasteiger partial charge in [-0.05, 0) is 46.5 Å². The molecule has 0 heterocycles. The lowest BCUT2D eigenvalue weighted by Crippen LogP contribution is -1.99. The maximum atomic E-state index is 11.2. The van der Waals surface area contributed by atoms with Crippen molar-refractivity contribution in [1.29, 1.82) is 0 Å². The van der Waals surface area contributed by atoms with Crippen molar-refractivity contribution in [1.82, 2.24) is 0 Å². The molecule has 4 aromatic rings. The van der Waals surface area contributed by atoms with Crippen LogP contribution in [0.1, 0.15) is 21.5 Å². The van der Waals surface area contributed by atoms with Gasteiger partial charge in [0.25, 0.3) is 0 Å². The molecule has 0 amide bonds. The van der Waals surface area contributed by atoms with Crippen LogP contribution in [0.2, 0.25) is 0 Å². The third-order valence-corrected chi connectivity index (χ3v) is 4.84. The Balaban J connectivity index is 1.59. The van der Waals surface area contributed by atoms with E-state index in [9.17, 15) is 4.79 Å². The van der Waals surface area contributed by atoms with Gasteiger partial charge in [-0.1, -0.05) is 72.8 Å². The van der Waals surface area contributed by atoms with Crippen LogP contribution in [0.15, 0.2) is 103 Å². The molecule has 0 aliphatic heterocycles. The lowest BCUT2D eigenvalue weighted by molar-refractivity contribution is 0.0697. The summed E-state index contributed by atoms with van der Waals surface area (Å²) in [5, 5.41) is 9.15. The van der Waals surface area contributed by atoms with Crippen molar-refractivity contribution >= 4 is 5.97 Å². The molecule has 0 aromatic heterocycles. The number of ether oxygens (including phenoxy) is 2. The first-order chi connectivity index (χ1) is 15.2. The molecule has 0 fully saturated rings. The summed E-state index contributed by atoms with van der Waals surface area (Å²) in [5.41, 5.74) is 4.18. The molecule has 0 unspecified atom stereocenters. The normalized spacial score (nSPS) is 10.5. The molecule has 1 N–H and O–H groups in total. The number of carboxylic acids is 1. The van der Waals surface area contributed by atoms with Crippen LogP contribution < -0.4 is 9.47 Å². The molecule has 4 rings (SSSR count). The monoisotopic (exact) mass is 410 g/mol. The number of aromatic carboxylic acids is 1. The van der Waals surface area contributed by atoms with Gasteiger partial charge in [-0.3, -0.25) is 0 Å². The van der Waals surface area contributed by atoms with Crippen molar-refractivity contribution in [2.45, 2.75) is 13.2 Å². The van der Waals surface area contributed by atoms with Crippen molar-refractivity contribution in [3.8, 4) is 22.6 Å². The minimum atomic E-state index is -0.946. The largest absolute Gasteiger partial charge is 0.489 e. The fraction of sp³-hybridized carbons (Fsp3) is 0.0741. The van der Waals surface area contributed by atoms with Gasteiger partial charge in [0.15, 0.2) is 0 Å². The Kier molecular flexibility index (Phi) is 6.29. The van der Waals surface area contributed by atoms with Crippen molar-refractivity contribution in [2.24, 2.45) is 0 Å². The zero-order chi connectivity index (χ0) is 21.5. The number of rotatable bonds is 8. The fourth-order valence-electron chi connectivity index (χ4n) is 3.19. The second kappa shape index (κ2) is 9.63. The van der Waals surface area contributed by atoms with Crippen molar-refractivity contribution in [3.63, 3.8) is 0 Å². The first-order valence-corrected chi connectivity index (χ1v) is 10.00. The van der Waals surface area contributed by atoms with Gasteiger partial charge >= 0.3 is 5.97 Å². The van der Waals surface area contributed by atoms with Crippen LogP contribution in [-0.2, 0) is 13.2 Å². The highest BCUT2D eigenvalue weighted by molar-refractivity contribution is 5.88. The third-order valence-electron chi connectivity index (χ3n) is 4.84. The predicted molar refractivity (Wildman–Crippen MR) is 120 cm³/mol. The number of benzene rings is 4. The summed E-state index contributed by atoms with van der Waals surface area (Å²) >= 11 is 0. The van der Waals surface area contributed by atoms with E-state index in [4.69, 9.17) is 14.6 Å². The zero-order valence-electron chi connectivity index (χ0n) is 16.9. The summed E-state index contributed by atoms with van der Waals surface area (Å²) in [5.74, 6) is 0.428. The van der Waals surface area contributed by atoms with Crippen molar-refractivity contribution < 1.29 is 19.4 Å². The van der Waals surface area contributed by atoms with Crippen LogP contribution in [0.4, 0.5) is 0 Å². The molecule has 0 saturated heterocycles. The molecule has 0 atom stereocenters. The van der Waals surface area contributed by atoms with E-state index >= 15 is 0 Å². The second-order valence-electron chi connectivity index (χ2n) is 7.12. The highest BCUT2D eigenvalue weighted by Crippen LogP contribution is 2.31. The molecule has 154 valence electrons. The summed E-state index contributed by atoms with van der Waals surface area (Å²) < 4.78 is 12.1. The van der Waals surface area contributed by atoms with Gasteiger partial charge in [0.1, 0.15) is 24.7 Å². The minimum absolute atomic E-state index is 0.251. The van der Waals surface area contributed by atoms with Crippen LogP contribution >= 0.6 is 0 Å². The summed E-state index contributed by atoms with van der Waals surface area (Å²) in [6.07, 6.45) is 0. The topological polar surface area (TPSA) is 55.8 Å². The average Bonchev–Trinajstić information content (AvgIpc) is 2.83. The molecule has 0 bridgehead atoms. The van der Waals surface area contributed by atoms with Crippen LogP contribution in [-0.4, -0.2) is 11.1 Å². The maximum absolute atomic E-state index is 11.2. The first-order valence-electron chi connectivity index (χ1n) is 10.00. The molecule has 0 aliphatic rings. The van der Waals surface area contributed by atoms with Crippen LogP contribution in [0.3, 0.4) is 0 Å². The van der Waals surface area contributed by atoms with E-state index in [-0.39, 0.29) is 5.56 Å². The Morgan fingerprint density at radius 1 is 0.613 bits per heavy atom. The molecular formula is C27H22O4. The van der Waals surface area contributed by atoms with E-state index in [0.29, 0.717) is 24.7 Å². The molecule has 4 heteroatoms. The van der Waals surface area contributed by atoms with E-state index in [2.05, 4.69) is 0 Å². The summed E-state index contributed by atoms with van der Waals surface area (Å²) in [6, 6.07) is 32.5. The number of carbonyl (C=O) groups is 1. The van der Waals surface area contributed by atoms with E-state index in [1.165, 1.54) is 0 Å². The van der Waals surface area contributed by atoms with Gasteiger partial charge < -0.3 is 14.6 Å².